The molecule has 3 fully saturated rings. The Morgan fingerprint density at radius 2 is 1.87 bits per heavy atom. The number of aliphatic hydroxyl groups excluding tert-OH is 1. The number of nitrogen functional groups attached to an aromatic ring is 1. The summed E-state index contributed by atoms with van der Waals surface area (Å²) in [4.78, 5) is 23.8. The van der Waals surface area contributed by atoms with Gasteiger partial charge in [0.15, 0.2) is 29.1 Å². The molecule has 6 atom stereocenters. The molecule has 39 heavy (non-hydrogen) atoms. The summed E-state index contributed by atoms with van der Waals surface area (Å²) in [6.07, 6.45) is -1.51. The highest BCUT2D eigenvalue weighted by Gasteiger charge is 2.54. The first-order valence-corrected chi connectivity index (χ1v) is 13.0. The largest absolute Gasteiger partial charge is 0.443 e. The number of amides is 1. The van der Waals surface area contributed by atoms with Gasteiger partial charge in [0, 0.05) is 12.0 Å². The Morgan fingerprint density at radius 3 is 2.54 bits per heavy atom. The van der Waals surface area contributed by atoms with Gasteiger partial charge >= 0.3 is 6.09 Å². The molecule has 0 bridgehead atoms. The summed E-state index contributed by atoms with van der Waals surface area (Å²) in [5, 5.41) is 13.8. The monoisotopic (exact) mass is 547 g/mol. The van der Waals surface area contributed by atoms with Crippen molar-refractivity contribution in [2.24, 2.45) is 0 Å². The van der Waals surface area contributed by atoms with E-state index in [1.165, 1.54) is 11.0 Å². The van der Waals surface area contributed by atoms with Crippen LogP contribution in [0.15, 0.2) is 18.2 Å². The molecular formula is C27H35F2N5O5. The summed E-state index contributed by atoms with van der Waals surface area (Å²) in [6.45, 7) is 10.5. The van der Waals surface area contributed by atoms with Crippen molar-refractivity contribution in [1.82, 2.24) is 9.97 Å². The molecule has 2 saturated carbocycles. The zero-order chi connectivity index (χ0) is 28.4. The fourth-order valence-electron chi connectivity index (χ4n) is 5.39. The predicted molar refractivity (Wildman–Crippen MR) is 139 cm³/mol. The van der Waals surface area contributed by atoms with E-state index >= 15 is 0 Å². The van der Waals surface area contributed by atoms with Crippen LogP contribution in [0.4, 0.5) is 30.9 Å². The zero-order valence-corrected chi connectivity index (χ0v) is 22.9. The minimum atomic E-state index is -0.954. The van der Waals surface area contributed by atoms with E-state index in [2.05, 4.69) is 15.3 Å². The summed E-state index contributed by atoms with van der Waals surface area (Å²) in [6, 6.07) is 2.91. The molecule has 1 saturated heterocycles. The molecule has 3 aliphatic rings. The molecule has 212 valence electrons. The Labute approximate surface area is 225 Å². The van der Waals surface area contributed by atoms with Gasteiger partial charge in [-0.05, 0) is 72.1 Å². The number of benzene rings is 1. The number of aliphatic hydroxyl groups is 1. The molecule has 0 spiro atoms. The van der Waals surface area contributed by atoms with Crippen LogP contribution in [0.1, 0.15) is 64.8 Å². The Morgan fingerprint density at radius 1 is 1.18 bits per heavy atom. The molecule has 0 radical (unpaired) electrons. The molecular weight excluding hydrogens is 512 g/mol. The number of hydrogen-bond acceptors (Lipinski definition) is 9. The smallest absolute Gasteiger partial charge is 0.416 e. The van der Waals surface area contributed by atoms with Crippen molar-refractivity contribution in [3.8, 4) is 0 Å². The zero-order valence-electron chi connectivity index (χ0n) is 22.9. The van der Waals surface area contributed by atoms with E-state index in [-0.39, 0.29) is 29.3 Å². The third-order valence-corrected chi connectivity index (χ3v) is 7.07. The SMILES string of the molecule is Cc1nc(N[C@@H]2C[C@H](O)[C@H]3OC(C)(C)O[C@H]32)c(N)c(N(C(=O)OC(C)(C)C)C2C[C@H]2c2ccc(F)c(F)c2)n1. The molecule has 4 N–H and O–H groups in total. The lowest BCUT2D eigenvalue weighted by atomic mass is 10.1. The second-order valence-electron chi connectivity index (χ2n) is 11.9. The number of anilines is 3. The van der Waals surface area contributed by atoms with Crippen LogP contribution in [-0.2, 0) is 14.2 Å². The first-order valence-electron chi connectivity index (χ1n) is 13.0. The van der Waals surface area contributed by atoms with E-state index in [0.717, 1.165) is 12.1 Å². The number of aromatic nitrogens is 2. The van der Waals surface area contributed by atoms with E-state index in [1.807, 2.05) is 0 Å². The van der Waals surface area contributed by atoms with Crippen molar-refractivity contribution >= 4 is 23.4 Å². The van der Waals surface area contributed by atoms with Gasteiger partial charge in [-0.25, -0.2) is 23.5 Å². The van der Waals surface area contributed by atoms with Crippen LogP contribution in [0.25, 0.3) is 0 Å². The van der Waals surface area contributed by atoms with Crippen LogP contribution in [-0.4, -0.2) is 63.0 Å². The third kappa shape index (κ3) is 5.50. The Bertz CT molecular complexity index is 1290. The summed E-state index contributed by atoms with van der Waals surface area (Å²) < 4.78 is 45.1. The van der Waals surface area contributed by atoms with Crippen LogP contribution >= 0.6 is 0 Å². The van der Waals surface area contributed by atoms with E-state index in [4.69, 9.17) is 19.9 Å². The number of carbonyl (C=O) groups is 1. The number of halogens is 2. The number of hydrogen-bond donors (Lipinski definition) is 3. The van der Waals surface area contributed by atoms with Crippen molar-refractivity contribution in [1.29, 1.82) is 0 Å². The molecule has 1 amide bonds. The number of ether oxygens (including phenoxy) is 3. The lowest BCUT2D eigenvalue weighted by molar-refractivity contribution is -0.162. The minimum absolute atomic E-state index is 0.110. The maximum atomic E-state index is 14.0. The summed E-state index contributed by atoms with van der Waals surface area (Å²) in [5.41, 5.74) is 6.43. The lowest BCUT2D eigenvalue weighted by Crippen LogP contribution is -2.40. The predicted octanol–water partition coefficient (Wildman–Crippen LogP) is 4.01. The number of fused-ring (bicyclic) bond motifs is 1. The van der Waals surface area contributed by atoms with Gasteiger partial charge in [0.05, 0.1) is 12.1 Å². The Kier molecular flexibility index (Phi) is 6.71. The molecule has 2 aliphatic carbocycles. The molecule has 1 aliphatic heterocycles. The number of nitrogens with two attached hydrogens (primary N) is 1. The second kappa shape index (κ2) is 9.53. The van der Waals surface area contributed by atoms with Crippen molar-refractivity contribution in [2.75, 3.05) is 16.0 Å². The van der Waals surface area contributed by atoms with Crippen LogP contribution in [0.3, 0.4) is 0 Å². The highest BCUT2D eigenvalue weighted by molar-refractivity contribution is 5.94. The van der Waals surface area contributed by atoms with E-state index in [1.54, 1.807) is 41.5 Å². The number of carbonyl (C=O) groups excluding carboxylic acids is 1. The molecule has 1 unspecified atom stereocenters. The number of nitrogens with zero attached hydrogens (tertiary/aromatic N) is 3. The molecule has 12 heteroatoms. The summed E-state index contributed by atoms with van der Waals surface area (Å²) >= 11 is 0. The highest BCUT2D eigenvalue weighted by atomic mass is 19.2. The van der Waals surface area contributed by atoms with Crippen molar-refractivity contribution in [3.05, 3.63) is 41.2 Å². The van der Waals surface area contributed by atoms with Gasteiger partial charge in [-0.2, -0.15) is 0 Å². The maximum absolute atomic E-state index is 14.0. The average molecular weight is 548 g/mol. The third-order valence-electron chi connectivity index (χ3n) is 7.07. The van der Waals surface area contributed by atoms with Crippen molar-refractivity contribution < 1.29 is 32.9 Å². The van der Waals surface area contributed by atoms with Gasteiger partial charge in [0.1, 0.15) is 29.3 Å². The quantitative estimate of drug-likeness (QED) is 0.508. The molecule has 2 heterocycles. The minimum Gasteiger partial charge on any atom is -0.443 e. The van der Waals surface area contributed by atoms with E-state index < -0.39 is 53.5 Å². The number of aryl methyl sites for hydroxylation is 1. The van der Waals surface area contributed by atoms with Gasteiger partial charge in [-0.15, -0.1) is 0 Å². The maximum Gasteiger partial charge on any atom is 0.416 e. The Balaban J connectivity index is 1.47. The summed E-state index contributed by atoms with van der Waals surface area (Å²) in [5.74, 6) is -2.23. The van der Waals surface area contributed by atoms with E-state index in [9.17, 15) is 18.7 Å². The standard InChI is InChI=1S/C27H35F2N5O5/c1-12-31-23(33-17-11-19(35)22-21(17)37-27(5,6)38-22)20(30)24(32-12)34(25(36)39-26(2,3)4)18-10-14(18)13-7-8-15(28)16(29)9-13/h7-9,14,17-19,21-22,35H,10-11,30H2,1-6H3,(H,31,32,33)/t14-,17+,18?,19-,21-,22+/m0/s1. The first-order chi connectivity index (χ1) is 18.1. The molecule has 5 rings (SSSR count). The summed E-state index contributed by atoms with van der Waals surface area (Å²) in [7, 11) is 0. The average Bonchev–Trinajstić information content (AvgIpc) is 3.44. The lowest BCUT2D eigenvalue weighted by Gasteiger charge is -2.29. The van der Waals surface area contributed by atoms with Crippen LogP contribution in [0, 0.1) is 18.6 Å². The fourth-order valence-corrected chi connectivity index (χ4v) is 5.39. The van der Waals surface area contributed by atoms with Crippen LogP contribution in [0.5, 0.6) is 0 Å². The van der Waals surface area contributed by atoms with Crippen molar-refractivity contribution in [2.45, 2.75) is 102 Å². The Hall–Kier alpha value is -3.09. The van der Waals surface area contributed by atoms with Gasteiger partial charge < -0.3 is 30.4 Å². The van der Waals surface area contributed by atoms with Gasteiger partial charge in [-0.1, -0.05) is 6.07 Å². The number of nitrogens with one attached hydrogen (secondary N) is 1. The molecule has 10 nitrogen and oxygen atoms in total. The normalized spacial score (nSPS) is 29.2. The molecule has 1 aromatic heterocycles. The van der Waals surface area contributed by atoms with E-state index in [0.29, 0.717) is 24.2 Å². The van der Waals surface area contributed by atoms with Gasteiger partial charge in [0.25, 0.3) is 0 Å². The second-order valence-corrected chi connectivity index (χ2v) is 11.9. The van der Waals surface area contributed by atoms with Crippen molar-refractivity contribution in [3.63, 3.8) is 0 Å². The molecule has 1 aromatic carbocycles. The fraction of sp³-hybridized carbons (Fsp3) is 0.593. The van der Waals surface area contributed by atoms with Crippen LogP contribution < -0.4 is 16.0 Å². The van der Waals surface area contributed by atoms with Gasteiger partial charge in [-0.3, -0.25) is 4.90 Å². The topological polar surface area (TPSA) is 132 Å². The van der Waals surface area contributed by atoms with Gasteiger partial charge in [0.2, 0.25) is 0 Å². The highest BCUT2D eigenvalue weighted by Crippen LogP contribution is 2.48. The first kappa shape index (κ1) is 27.5. The number of rotatable bonds is 5. The molecule has 2 aromatic rings. The van der Waals surface area contributed by atoms with Crippen LogP contribution in [0.2, 0.25) is 0 Å².